The lowest BCUT2D eigenvalue weighted by atomic mass is 9.47. The highest BCUT2D eigenvalue weighted by Crippen LogP contribution is 2.68. The number of esters is 3. The number of methoxy groups -OCH3 is 3. The first-order valence-corrected chi connectivity index (χ1v) is 21.2. The monoisotopic (exact) mass is 794 g/mol. The molecule has 310 valence electrons. The number of benzene rings is 2. The van der Waals surface area contributed by atoms with Crippen molar-refractivity contribution in [2.75, 3.05) is 66.0 Å². The van der Waals surface area contributed by atoms with Crippen LogP contribution < -0.4 is 9.64 Å². The van der Waals surface area contributed by atoms with Gasteiger partial charge in [0.05, 0.1) is 27.4 Å². The third kappa shape index (κ3) is 5.00. The molecule has 3 unspecified atom stereocenters. The number of hydrogen-bond donors (Lipinski definition) is 2. The van der Waals surface area contributed by atoms with Gasteiger partial charge < -0.3 is 38.8 Å². The smallest absolute Gasteiger partial charge is 0.344 e. The number of hydrogen-bond acceptors (Lipinski definition) is 11. The molecule has 1 aromatic heterocycles. The van der Waals surface area contributed by atoms with Gasteiger partial charge in [0.15, 0.2) is 6.10 Å². The van der Waals surface area contributed by atoms with E-state index in [-0.39, 0.29) is 17.9 Å². The molecule has 0 radical (unpaired) electrons. The second-order valence-electron chi connectivity index (χ2n) is 18.0. The minimum absolute atomic E-state index is 0.184. The van der Waals surface area contributed by atoms with Crippen molar-refractivity contribution < 1.29 is 38.4 Å². The summed E-state index contributed by atoms with van der Waals surface area (Å²) in [5.41, 5.74) is -0.0554. The molecule has 9 rings (SSSR count). The fourth-order valence-corrected chi connectivity index (χ4v) is 13.5. The number of aliphatic hydroxyl groups is 1. The van der Waals surface area contributed by atoms with Crippen LogP contribution in [0.1, 0.15) is 75.3 Å². The maximum absolute atomic E-state index is 15.3. The van der Waals surface area contributed by atoms with E-state index in [4.69, 9.17) is 18.9 Å². The first-order valence-electron chi connectivity index (χ1n) is 21.2. The minimum atomic E-state index is -2.27. The maximum atomic E-state index is 15.3. The number of anilines is 1. The average molecular weight is 795 g/mol. The molecule has 12 nitrogen and oxygen atoms in total. The second-order valence-corrected chi connectivity index (χ2v) is 18.0. The molecule has 2 aromatic carbocycles. The number of aromatic amines is 1. The van der Waals surface area contributed by atoms with Crippen LogP contribution in [0.5, 0.6) is 5.75 Å². The summed E-state index contributed by atoms with van der Waals surface area (Å²) in [5.74, 6) is -0.578. The largest absolute Gasteiger partial charge is 0.496 e. The van der Waals surface area contributed by atoms with Gasteiger partial charge in [-0.1, -0.05) is 50.6 Å². The minimum Gasteiger partial charge on any atom is -0.496 e. The van der Waals surface area contributed by atoms with Crippen LogP contribution >= 0.6 is 0 Å². The third-order valence-electron chi connectivity index (χ3n) is 15.5. The van der Waals surface area contributed by atoms with Crippen LogP contribution in [0.15, 0.2) is 48.6 Å². The predicted octanol–water partition coefficient (Wildman–Crippen LogP) is 4.88. The summed E-state index contributed by atoms with van der Waals surface area (Å²) in [7, 11) is 6.28. The van der Waals surface area contributed by atoms with Gasteiger partial charge in [-0.05, 0) is 73.7 Å². The van der Waals surface area contributed by atoms with E-state index in [0.717, 1.165) is 72.3 Å². The van der Waals surface area contributed by atoms with Gasteiger partial charge in [0, 0.05) is 90.9 Å². The number of H-pyrrole nitrogens is 1. The van der Waals surface area contributed by atoms with Gasteiger partial charge in [0.25, 0.3) is 0 Å². The second kappa shape index (κ2) is 13.8. The number of nitrogens with one attached hydrogen (secondary N) is 1. The van der Waals surface area contributed by atoms with Gasteiger partial charge in [-0.3, -0.25) is 14.5 Å². The van der Waals surface area contributed by atoms with Crippen LogP contribution in [0.25, 0.3) is 10.9 Å². The lowest BCUT2D eigenvalue weighted by molar-refractivity contribution is -0.228. The fourth-order valence-electron chi connectivity index (χ4n) is 13.5. The van der Waals surface area contributed by atoms with E-state index >= 15 is 4.79 Å². The molecule has 2 N–H and O–H groups in total. The molecule has 10 atom stereocenters. The number of carbonyl (C=O) groups is 3. The molecule has 6 heterocycles. The van der Waals surface area contributed by atoms with Gasteiger partial charge >= 0.3 is 17.9 Å². The van der Waals surface area contributed by atoms with Crippen molar-refractivity contribution >= 4 is 34.5 Å². The summed E-state index contributed by atoms with van der Waals surface area (Å²) in [5, 5.41) is 14.4. The summed E-state index contributed by atoms with van der Waals surface area (Å²) in [6.07, 6.45) is 7.33. The van der Waals surface area contributed by atoms with Gasteiger partial charge in [-0.15, -0.1) is 0 Å². The Morgan fingerprint density at radius 3 is 2.47 bits per heavy atom. The van der Waals surface area contributed by atoms with E-state index in [2.05, 4.69) is 58.1 Å². The Hall–Kier alpha value is -4.39. The normalized spacial score (nSPS) is 36.1. The van der Waals surface area contributed by atoms with Gasteiger partial charge in [-0.25, -0.2) is 4.79 Å². The van der Waals surface area contributed by atoms with E-state index in [1.54, 1.807) is 7.11 Å². The average Bonchev–Trinajstić information content (AvgIpc) is 3.89. The molecule has 58 heavy (non-hydrogen) atoms. The van der Waals surface area contributed by atoms with Gasteiger partial charge in [-0.2, -0.15) is 0 Å². The Labute approximate surface area is 340 Å². The zero-order chi connectivity index (χ0) is 40.9. The van der Waals surface area contributed by atoms with E-state index in [9.17, 15) is 14.7 Å². The van der Waals surface area contributed by atoms with Crippen molar-refractivity contribution in [2.45, 2.75) is 93.9 Å². The lowest BCUT2D eigenvalue weighted by Crippen LogP contribution is -2.81. The molecule has 12 heteroatoms. The zero-order valence-electron chi connectivity index (χ0n) is 34.9. The van der Waals surface area contributed by atoms with Crippen molar-refractivity contribution in [3.05, 3.63) is 70.9 Å². The van der Waals surface area contributed by atoms with E-state index in [0.29, 0.717) is 49.6 Å². The molecule has 3 aromatic rings. The highest BCUT2D eigenvalue weighted by molar-refractivity contribution is 5.95. The zero-order valence-corrected chi connectivity index (χ0v) is 34.9. The summed E-state index contributed by atoms with van der Waals surface area (Å²) in [6, 6.07) is 11.3. The molecule has 1 spiro atoms. The molecule has 6 aliphatic rings. The highest BCUT2D eigenvalue weighted by atomic mass is 16.6. The number of piperidine rings is 1. The number of fused-ring (bicyclic) bond motifs is 6. The fraction of sp³-hybridized carbons (Fsp3) is 0.587. The highest BCUT2D eigenvalue weighted by Gasteiger charge is 2.80. The molecule has 0 amide bonds. The molecule has 1 aliphatic carbocycles. The Balaban J connectivity index is 1.36. The van der Waals surface area contributed by atoms with Crippen molar-refractivity contribution in [2.24, 2.45) is 17.3 Å². The topological polar surface area (TPSA) is 134 Å². The third-order valence-corrected chi connectivity index (χ3v) is 15.5. The van der Waals surface area contributed by atoms with Crippen molar-refractivity contribution in [3.63, 3.8) is 0 Å². The summed E-state index contributed by atoms with van der Waals surface area (Å²) in [6.45, 7) is 9.79. The maximum Gasteiger partial charge on any atom is 0.344 e. The first kappa shape index (κ1) is 39.1. The Morgan fingerprint density at radius 1 is 0.983 bits per heavy atom. The van der Waals surface area contributed by atoms with Crippen LogP contribution in [-0.2, 0) is 45.8 Å². The number of likely N-dealkylation sites (N-methyl/N-ethyl adjacent to an activating group) is 1. The molecular formula is C46H58N4O8. The number of rotatable bonds is 7. The lowest BCUT2D eigenvalue weighted by Gasteiger charge is -2.63. The number of ether oxygens (including phenoxy) is 4. The quantitative estimate of drug-likeness (QED) is 0.193. The Morgan fingerprint density at radius 2 is 1.76 bits per heavy atom. The number of para-hydroxylation sites is 1. The van der Waals surface area contributed by atoms with Crippen molar-refractivity contribution in [3.8, 4) is 5.75 Å². The van der Waals surface area contributed by atoms with Gasteiger partial charge in [0.2, 0.25) is 5.60 Å². The number of carbonyl (C=O) groups excluding carboxylic acids is 3. The van der Waals surface area contributed by atoms with Crippen LogP contribution in [0.4, 0.5) is 5.69 Å². The Bertz CT molecular complexity index is 2200. The van der Waals surface area contributed by atoms with Crippen molar-refractivity contribution in [1.29, 1.82) is 0 Å². The molecule has 2 bridgehead atoms. The molecule has 5 aliphatic heterocycles. The van der Waals surface area contributed by atoms with Gasteiger partial charge in [0.1, 0.15) is 11.2 Å². The van der Waals surface area contributed by atoms with Crippen LogP contribution in [-0.4, -0.2) is 123 Å². The van der Waals surface area contributed by atoms with E-state index < -0.39 is 45.9 Å². The van der Waals surface area contributed by atoms with Crippen LogP contribution in [0.3, 0.4) is 0 Å². The number of nitrogens with zero attached hydrogens (tertiary/aromatic N) is 3. The molecular weight excluding hydrogens is 737 g/mol. The molecule has 2 saturated heterocycles. The number of aromatic nitrogens is 1. The van der Waals surface area contributed by atoms with Crippen molar-refractivity contribution in [1.82, 2.24) is 14.8 Å². The molecule has 1 saturated carbocycles. The van der Waals surface area contributed by atoms with E-state index in [1.165, 1.54) is 21.1 Å². The Kier molecular flexibility index (Phi) is 9.33. The predicted molar refractivity (Wildman–Crippen MR) is 219 cm³/mol. The SMILES string of the molecule is CCC1CC2CN(CCc3c([nH]c4ccccc34)[C@@](C(=O)OC)(c3cc4c(cc3OC)N(C)[C@H]3[C@@](O)(C(=O)OC)[C@H](OC(C)=O)[C@]5(CC)C=CCN6CC[C@]43[C@@H]65)C2)C1. The van der Waals surface area contributed by atoms with Crippen LogP contribution in [0.2, 0.25) is 0 Å². The van der Waals surface area contributed by atoms with E-state index in [1.807, 2.05) is 31.0 Å². The van der Waals surface area contributed by atoms with Crippen LogP contribution in [0, 0.1) is 17.3 Å². The summed E-state index contributed by atoms with van der Waals surface area (Å²) >= 11 is 0. The molecule has 3 fully saturated rings. The first-order chi connectivity index (χ1) is 27.9. The summed E-state index contributed by atoms with van der Waals surface area (Å²) in [4.78, 5) is 53.5. The standard InChI is InChI=1S/C46H58N4O8/c1-8-28-21-29-24-45(41(52)56-6,37-31(15-19-49(25-28)26-29)30-13-10-11-14-34(30)47-37)33-22-32-35(23-36(33)55-5)48(4)39-44(32)17-20-50-18-12-16-43(9-2,38(44)50)40(58-27(3)51)46(39,54)42(53)57-7/h10-14,16,22-23,28-29,38-40,47,54H,8-9,15,17-21,24-26H2,1-7H3/t28?,29?,38-,39+,40+,43+,44+,45-,46-/m0/s1. The summed E-state index contributed by atoms with van der Waals surface area (Å²) < 4.78 is 24.0.